The maximum absolute atomic E-state index is 12.4. The standard InChI is InChI=1S/C19H22N2O4S/c1-14-6-5-7-15(12-14)20-21-19(22)18-11-10-16(25-18)13-26(23,24)17-8-3-2-4-9-17/h2-4,8-11,14H,5-7,12-13H2,1H3,(H,21,22)/b20-15+/t14-/m1/s1. The first-order valence-electron chi connectivity index (χ1n) is 8.66. The number of hydrogen-bond donors (Lipinski definition) is 1. The summed E-state index contributed by atoms with van der Waals surface area (Å²) in [7, 11) is -3.51. The summed E-state index contributed by atoms with van der Waals surface area (Å²) < 4.78 is 30.1. The summed E-state index contributed by atoms with van der Waals surface area (Å²) in [5.74, 6) is 0.0855. The zero-order chi connectivity index (χ0) is 18.6. The zero-order valence-corrected chi connectivity index (χ0v) is 15.5. The van der Waals surface area contributed by atoms with Gasteiger partial charge in [0.2, 0.25) is 0 Å². The number of nitrogens with one attached hydrogen (secondary N) is 1. The van der Waals surface area contributed by atoms with Crippen molar-refractivity contribution in [2.75, 3.05) is 0 Å². The molecule has 1 aromatic heterocycles. The molecule has 6 nitrogen and oxygen atoms in total. The highest BCUT2D eigenvalue weighted by molar-refractivity contribution is 7.90. The van der Waals surface area contributed by atoms with Crippen LogP contribution < -0.4 is 5.43 Å². The minimum Gasteiger partial charge on any atom is -0.455 e. The molecule has 0 spiro atoms. The van der Waals surface area contributed by atoms with E-state index in [0.29, 0.717) is 5.92 Å². The van der Waals surface area contributed by atoms with Gasteiger partial charge in [-0.3, -0.25) is 4.79 Å². The molecule has 1 aliphatic rings. The van der Waals surface area contributed by atoms with E-state index in [1.807, 2.05) is 0 Å². The monoisotopic (exact) mass is 374 g/mol. The molecule has 7 heteroatoms. The van der Waals surface area contributed by atoms with E-state index in [2.05, 4.69) is 17.5 Å². The molecule has 2 aromatic rings. The summed E-state index contributed by atoms with van der Waals surface area (Å²) in [6.45, 7) is 2.17. The Morgan fingerprint density at radius 1 is 1.23 bits per heavy atom. The Bertz CT molecular complexity index is 901. The van der Waals surface area contributed by atoms with Crippen molar-refractivity contribution in [3.63, 3.8) is 0 Å². The lowest BCUT2D eigenvalue weighted by Crippen LogP contribution is -2.21. The lowest BCUT2D eigenvalue weighted by Gasteiger charge is -2.18. The largest absolute Gasteiger partial charge is 0.455 e. The first kappa shape index (κ1) is 18.4. The van der Waals surface area contributed by atoms with Gasteiger partial charge in [0.25, 0.3) is 0 Å². The van der Waals surface area contributed by atoms with Gasteiger partial charge in [0.05, 0.1) is 4.90 Å². The number of benzene rings is 1. The number of amides is 1. The van der Waals surface area contributed by atoms with Crippen molar-refractivity contribution < 1.29 is 17.6 Å². The Hall–Kier alpha value is -2.41. The second kappa shape index (κ2) is 7.86. The maximum Gasteiger partial charge on any atom is 0.307 e. The van der Waals surface area contributed by atoms with E-state index < -0.39 is 15.7 Å². The molecule has 138 valence electrons. The molecule has 1 saturated carbocycles. The van der Waals surface area contributed by atoms with Crippen LogP contribution in [0.1, 0.15) is 48.9 Å². The third kappa shape index (κ3) is 4.60. The van der Waals surface area contributed by atoms with Crippen molar-refractivity contribution in [3.8, 4) is 0 Å². The number of rotatable bonds is 5. The SMILES string of the molecule is C[C@@H]1CCC/C(=N\NC(=O)c2ccc(CS(=O)(=O)c3ccccc3)o2)C1. The van der Waals surface area contributed by atoms with Gasteiger partial charge in [0.15, 0.2) is 15.6 Å². The van der Waals surface area contributed by atoms with Gasteiger partial charge in [-0.2, -0.15) is 5.10 Å². The van der Waals surface area contributed by atoms with Crippen LogP contribution in [0.4, 0.5) is 0 Å². The molecule has 1 N–H and O–H groups in total. The summed E-state index contributed by atoms with van der Waals surface area (Å²) in [4.78, 5) is 12.4. The minimum absolute atomic E-state index is 0.0523. The molecule has 1 aromatic carbocycles. The highest BCUT2D eigenvalue weighted by Gasteiger charge is 2.19. The Morgan fingerprint density at radius 3 is 2.73 bits per heavy atom. The average Bonchev–Trinajstić information content (AvgIpc) is 3.08. The first-order chi connectivity index (χ1) is 12.4. The molecule has 0 bridgehead atoms. The van der Waals surface area contributed by atoms with E-state index in [4.69, 9.17) is 4.42 Å². The van der Waals surface area contributed by atoms with E-state index >= 15 is 0 Å². The second-order valence-electron chi connectivity index (χ2n) is 6.66. The van der Waals surface area contributed by atoms with Crippen molar-refractivity contribution in [2.24, 2.45) is 11.0 Å². The van der Waals surface area contributed by atoms with Gasteiger partial charge in [0, 0.05) is 5.71 Å². The van der Waals surface area contributed by atoms with Crippen molar-refractivity contribution >= 4 is 21.5 Å². The number of nitrogens with zero attached hydrogens (tertiary/aromatic N) is 1. The predicted octanol–water partition coefficient (Wildman–Crippen LogP) is 3.55. The average molecular weight is 374 g/mol. The van der Waals surface area contributed by atoms with Crippen molar-refractivity contribution in [1.29, 1.82) is 0 Å². The van der Waals surface area contributed by atoms with Crippen LogP contribution in [0, 0.1) is 5.92 Å². The number of hydrogen-bond acceptors (Lipinski definition) is 5. The van der Waals surface area contributed by atoms with Crippen LogP contribution in [0.3, 0.4) is 0 Å². The summed E-state index contributed by atoms with van der Waals surface area (Å²) >= 11 is 0. The van der Waals surface area contributed by atoms with E-state index in [0.717, 1.165) is 25.0 Å². The zero-order valence-electron chi connectivity index (χ0n) is 14.6. The number of hydrazone groups is 1. The fourth-order valence-corrected chi connectivity index (χ4v) is 4.29. The van der Waals surface area contributed by atoms with Crippen LogP contribution in [0.15, 0.2) is 56.9 Å². The quantitative estimate of drug-likeness (QED) is 0.811. The third-order valence-electron chi connectivity index (χ3n) is 4.38. The van der Waals surface area contributed by atoms with Gasteiger partial charge in [-0.1, -0.05) is 25.1 Å². The molecule has 0 unspecified atom stereocenters. The van der Waals surface area contributed by atoms with Gasteiger partial charge in [0.1, 0.15) is 11.5 Å². The Morgan fingerprint density at radius 2 is 2.00 bits per heavy atom. The third-order valence-corrected chi connectivity index (χ3v) is 6.04. The van der Waals surface area contributed by atoms with Crippen LogP contribution in [-0.4, -0.2) is 20.0 Å². The fraction of sp³-hybridized carbons (Fsp3) is 0.368. The fourth-order valence-electron chi connectivity index (χ4n) is 3.02. The number of carbonyl (C=O) groups is 1. The topological polar surface area (TPSA) is 88.7 Å². The molecule has 1 heterocycles. The van der Waals surface area contributed by atoms with E-state index in [9.17, 15) is 13.2 Å². The van der Waals surface area contributed by atoms with Crippen LogP contribution in [-0.2, 0) is 15.6 Å². The van der Waals surface area contributed by atoms with Gasteiger partial charge >= 0.3 is 5.91 Å². The lowest BCUT2D eigenvalue weighted by atomic mass is 9.89. The van der Waals surface area contributed by atoms with Crippen LogP contribution in [0.25, 0.3) is 0 Å². The Kier molecular flexibility index (Phi) is 5.56. The molecule has 1 atom stereocenters. The molecular weight excluding hydrogens is 352 g/mol. The van der Waals surface area contributed by atoms with Gasteiger partial charge < -0.3 is 4.42 Å². The smallest absolute Gasteiger partial charge is 0.307 e. The number of furan rings is 1. The minimum atomic E-state index is -3.51. The maximum atomic E-state index is 12.4. The lowest BCUT2D eigenvalue weighted by molar-refractivity contribution is 0.0925. The molecule has 0 saturated heterocycles. The van der Waals surface area contributed by atoms with E-state index in [-0.39, 0.29) is 22.2 Å². The van der Waals surface area contributed by atoms with Gasteiger partial charge in [-0.25, -0.2) is 13.8 Å². The van der Waals surface area contributed by atoms with E-state index in [1.165, 1.54) is 30.7 Å². The molecule has 1 fully saturated rings. The molecule has 1 aliphatic carbocycles. The summed E-state index contributed by atoms with van der Waals surface area (Å²) in [5.41, 5.74) is 3.48. The van der Waals surface area contributed by atoms with Gasteiger partial charge in [-0.05, 0) is 55.9 Å². The van der Waals surface area contributed by atoms with Crippen molar-refractivity contribution in [1.82, 2.24) is 5.43 Å². The van der Waals surface area contributed by atoms with Crippen LogP contribution in [0.5, 0.6) is 0 Å². The Balaban J connectivity index is 1.64. The normalized spacial score (nSPS) is 19.4. The number of carbonyl (C=O) groups excluding carboxylic acids is 1. The molecule has 1 amide bonds. The van der Waals surface area contributed by atoms with Crippen LogP contribution in [0.2, 0.25) is 0 Å². The van der Waals surface area contributed by atoms with Crippen molar-refractivity contribution in [2.45, 2.75) is 43.3 Å². The molecule has 3 rings (SSSR count). The van der Waals surface area contributed by atoms with Gasteiger partial charge in [-0.15, -0.1) is 0 Å². The highest BCUT2D eigenvalue weighted by Crippen LogP contribution is 2.21. The predicted molar refractivity (Wildman–Crippen MR) is 98.6 cm³/mol. The van der Waals surface area contributed by atoms with Crippen LogP contribution >= 0.6 is 0 Å². The van der Waals surface area contributed by atoms with E-state index in [1.54, 1.807) is 18.2 Å². The summed E-state index contributed by atoms with van der Waals surface area (Å²) in [6.07, 6.45) is 4.05. The Labute approximate surface area is 153 Å². The second-order valence-corrected chi connectivity index (χ2v) is 8.65. The number of sulfone groups is 1. The van der Waals surface area contributed by atoms with Crippen molar-refractivity contribution in [3.05, 3.63) is 54.0 Å². The first-order valence-corrected chi connectivity index (χ1v) is 10.3. The summed E-state index contributed by atoms with van der Waals surface area (Å²) in [6, 6.07) is 11.1. The highest BCUT2D eigenvalue weighted by atomic mass is 32.2. The molecule has 0 radical (unpaired) electrons. The molecule has 0 aliphatic heterocycles. The molecular formula is C19H22N2O4S. The summed E-state index contributed by atoms with van der Waals surface area (Å²) in [5, 5.41) is 4.18. The molecule has 26 heavy (non-hydrogen) atoms.